The highest BCUT2D eigenvalue weighted by Crippen LogP contribution is 2.39. The van der Waals surface area contributed by atoms with Gasteiger partial charge in [0.15, 0.2) is 23.9 Å². The van der Waals surface area contributed by atoms with Crippen LogP contribution in [0.2, 0.25) is 0 Å². The molecule has 0 atom stereocenters. The van der Waals surface area contributed by atoms with Gasteiger partial charge in [-0.15, -0.1) is 5.10 Å². The fourth-order valence-electron chi connectivity index (χ4n) is 2.46. The van der Waals surface area contributed by atoms with Crippen molar-refractivity contribution in [3.63, 3.8) is 0 Å². The van der Waals surface area contributed by atoms with Crippen molar-refractivity contribution in [2.24, 2.45) is 0 Å². The molecule has 140 valence electrons. The number of hydrogen-bond acceptors (Lipinski definition) is 9. The first-order chi connectivity index (χ1) is 13.1. The minimum Gasteiger partial charge on any atom is -0.493 e. The Morgan fingerprint density at radius 1 is 1.19 bits per heavy atom. The summed E-state index contributed by atoms with van der Waals surface area (Å²) in [7, 11) is 3.03. The van der Waals surface area contributed by atoms with Crippen molar-refractivity contribution in [1.82, 2.24) is 25.4 Å². The van der Waals surface area contributed by atoms with Crippen LogP contribution in [0.5, 0.6) is 17.2 Å². The highest BCUT2D eigenvalue weighted by Gasteiger charge is 2.19. The fourth-order valence-corrected chi connectivity index (χ4v) is 2.46. The second-order valence-corrected chi connectivity index (χ2v) is 5.66. The lowest BCUT2D eigenvalue weighted by Crippen LogP contribution is -2.08. The molecule has 1 aromatic carbocycles. The van der Waals surface area contributed by atoms with E-state index >= 15 is 0 Å². The van der Waals surface area contributed by atoms with Gasteiger partial charge in [0.25, 0.3) is 5.88 Å². The van der Waals surface area contributed by atoms with E-state index in [-0.39, 0.29) is 13.0 Å². The van der Waals surface area contributed by atoms with Gasteiger partial charge >= 0.3 is 0 Å². The van der Waals surface area contributed by atoms with Crippen LogP contribution in [0.3, 0.4) is 0 Å². The van der Waals surface area contributed by atoms with Crippen molar-refractivity contribution in [2.75, 3.05) is 14.2 Å². The molecular weight excluding hydrogens is 352 g/mol. The molecule has 0 fully saturated rings. The molecule has 3 rings (SSSR count). The molecule has 10 nitrogen and oxygen atoms in total. The van der Waals surface area contributed by atoms with E-state index in [4.69, 9.17) is 24.0 Å². The molecule has 0 N–H and O–H groups in total. The van der Waals surface area contributed by atoms with Crippen molar-refractivity contribution in [3.05, 3.63) is 34.8 Å². The minimum atomic E-state index is 0.0382. The summed E-state index contributed by atoms with van der Waals surface area (Å²) in [5.41, 5.74) is 2.35. The molecule has 0 saturated heterocycles. The smallest absolute Gasteiger partial charge is 0.258 e. The molecule has 0 aliphatic carbocycles. The van der Waals surface area contributed by atoms with E-state index in [1.54, 1.807) is 12.1 Å². The van der Waals surface area contributed by atoms with Crippen LogP contribution in [-0.4, -0.2) is 39.6 Å². The van der Waals surface area contributed by atoms with Gasteiger partial charge in [-0.1, -0.05) is 5.16 Å². The van der Waals surface area contributed by atoms with Crippen LogP contribution in [-0.2, 0) is 13.0 Å². The van der Waals surface area contributed by atoms with Gasteiger partial charge in [0, 0.05) is 5.56 Å². The zero-order valence-corrected chi connectivity index (χ0v) is 15.4. The Hall–Kier alpha value is -3.61. The highest BCUT2D eigenvalue weighted by molar-refractivity contribution is 5.54. The zero-order valence-electron chi connectivity index (χ0n) is 15.4. The number of benzene rings is 1. The van der Waals surface area contributed by atoms with Crippen molar-refractivity contribution >= 4 is 0 Å². The lowest BCUT2D eigenvalue weighted by atomic mass is 10.1. The number of rotatable bonds is 7. The maximum Gasteiger partial charge on any atom is 0.258 e. The topological polar surface area (TPSA) is 121 Å². The van der Waals surface area contributed by atoms with Crippen LogP contribution in [0.1, 0.15) is 22.6 Å². The van der Waals surface area contributed by atoms with Gasteiger partial charge < -0.3 is 18.7 Å². The van der Waals surface area contributed by atoms with Crippen LogP contribution < -0.4 is 14.2 Å². The summed E-state index contributed by atoms with van der Waals surface area (Å²) in [6.07, 6.45) is 0.232. The van der Waals surface area contributed by atoms with E-state index in [0.717, 1.165) is 16.8 Å². The Bertz CT molecular complexity index is 963. The van der Waals surface area contributed by atoms with Crippen molar-refractivity contribution in [2.45, 2.75) is 26.9 Å². The average molecular weight is 370 g/mol. The second kappa shape index (κ2) is 7.74. The molecule has 2 aromatic heterocycles. The number of aryl methyl sites for hydroxylation is 1. The Labute approximate surface area is 155 Å². The van der Waals surface area contributed by atoms with Crippen LogP contribution >= 0.6 is 0 Å². The molecule has 3 aromatic rings. The number of tetrazole rings is 1. The summed E-state index contributed by atoms with van der Waals surface area (Å²) in [6, 6.07) is 5.56. The van der Waals surface area contributed by atoms with Crippen LogP contribution in [0.15, 0.2) is 16.7 Å². The third-order valence-corrected chi connectivity index (χ3v) is 4.01. The van der Waals surface area contributed by atoms with E-state index in [2.05, 4.69) is 26.8 Å². The third kappa shape index (κ3) is 3.52. The first-order valence-corrected chi connectivity index (χ1v) is 8.04. The molecule has 27 heavy (non-hydrogen) atoms. The number of nitrogens with zero attached hydrogens (tertiary/aromatic N) is 6. The molecule has 2 heterocycles. The van der Waals surface area contributed by atoms with Gasteiger partial charge in [-0.3, -0.25) is 0 Å². The number of hydrogen-bond donors (Lipinski definition) is 0. The molecule has 0 unspecified atom stereocenters. The number of aromatic nitrogens is 5. The Balaban J connectivity index is 1.89. The van der Waals surface area contributed by atoms with Crippen molar-refractivity contribution < 1.29 is 18.7 Å². The fraction of sp³-hybridized carbons (Fsp3) is 0.353. The maximum absolute atomic E-state index is 8.91. The monoisotopic (exact) mass is 370 g/mol. The summed E-state index contributed by atoms with van der Waals surface area (Å²) in [6.45, 7) is 3.74. The van der Waals surface area contributed by atoms with E-state index < -0.39 is 0 Å². The molecule has 0 spiro atoms. The summed E-state index contributed by atoms with van der Waals surface area (Å²) < 4.78 is 23.4. The van der Waals surface area contributed by atoms with E-state index in [0.29, 0.717) is 29.0 Å². The summed E-state index contributed by atoms with van der Waals surface area (Å²) in [5, 5.41) is 24.4. The lowest BCUT2D eigenvalue weighted by molar-refractivity contribution is 0.254. The van der Waals surface area contributed by atoms with Crippen molar-refractivity contribution in [1.29, 1.82) is 5.26 Å². The van der Waals surface area contributed by atoms with Gasteiger partial charge in [-0.25, -0.2) is 0 Å². The molecule has 0 aliphatic rings. The molecule has 0 bridgehead atoms. The minimum absolute atomic E-state index is 0.0382. The Kier molecular flexibility index (Phi) is 5.21. The molecule has 0 aliphatic heterocycles. The normalized spacial score (nSPS) is 10.5. The number of methoxy groups -OCH3 is 2. The Morgan fingerprint density at radius 3 is 2.44 bits per heavy atom. The highest BCUT2D eigenvalue weighted by atomic mass is 16.5. The zero-order chi connectivity index (χ0) is 19.4. The molecule has 0 amide bonds. The summed E-state index contributed by atoms with van der Waals surface area (Å²) >= 11 is 0. The predicted octanol–water partition coefficient (Wildman–Crippen LogP) is 1.93. The van der Waals surface area contributed by atoms with Gasteiger partial charge in [0.1, 0.15) is 0 Å². The maximum atomic E-state index is 8.91. The standard InChI is InChI=1S/C17H18N6O4/c1-10-11(2)20-27-17(10)23-15(19-21-22-23)9-26-16-13(24-3)7-12(5-6-18)8-14(16)25-4/h7-8H,5,9H2,1-4H3. The second-order valence-electron chi connectivity index (χ2n) is 5.66. The predicted molar refractivity (Wildman–Crippen MR) is 91.9 cm³/mol. The first-order valence-electron chi connectivity index (χ1n) is 8.04. The molecule has 0 radical (unpaired) electrons. The average Bonchev–Trinajstić information content (AvgIpc) is 3.26. The largest absolute Gasteiger partial charge is 0.493 e. The summed E-state index contributed by atoms with van der Waals surface area (Å²) in [4.78, 5) is 0. The van der Waals surface area contributed by atoms with E-state index in [1.807, 2.05) is 13.8 Å². The molecular formula is C17H18N6O4. The third-order valence-electron chi connectivity index (χ3n) is 4.01. The number of nitriles is 1. The summed E-state index contributed by atoms with van der Waals surface area (Å²) in [5.74, 6) is 2.14. The van der Waals surface area contributed by atoms with Gasteiger partial charge in [-0.05, 0) is 42.0 Å². The Morgan fingerprint density at radius 2 is 1.89 bits per heavy atom. The van der Waals surface area contributed by atoms with E-state index in [9.17, 15) is 0 Å². The van der Waals surface area contributed by atoms with Gasteiger partial charge in [0.2, 0.25) is 5.75 Å². The lowest BCUT2D eigenvalue weighted by Gasteiger charge is -2.15. The van der Waals surface area contributed by atoms with Crippen LogP contribution in [0.4, 0.5) is 0 Å². The van der Waals surface area contributed by atoms with Crippen molar-refractivity contribution in [3.8, 4) is 29.2 Å². The number of ether oxygens (including phenoxy) is 3. The molecule has 10 heteroatoms. The first kappa shape index (κ1) is 18.2. The van der Waals surface area contributed by atoms with Crippen LogP contribution in [0.25, 0.3) is 5.88 Å². The van der Waals surface area contributed by atoms with E-state index in [1.165, 1.54) is 18.9 Å². The van der Waals surface area contributed by atoms with Gasteiger partial charge in [0.05, 0.1) is 32.4 Å². The van der Waals surface area contributed by atoms with Gasteiger partial charge in [-0.2, -0.15) is 9.94 Å². The quantitative estimate of drug-likeness (QED) is 0.614. The SMILES string of the molecule is COc1cc(CC#N)cc(OC)c1OCc1nnnn1-c1onc(C)c1C. The van der Waals surface area contributed by atoms with Crippen LogP contribution in [0, 0.1) is 25.2 Å². The molecule has 0 saturated carbocycles.